The largest absolute Gasteiger partial charge is 0.403 e. The van der Waals surface area contributed by atoms with Crippen LogP contribution in [0.1, 0.15) is 12.5 Å². The Morgan fingerprint density at radius 2 is 1.91 bits per heavy atom. The first-order valence-corrected chi connectivity index (χ1v) is 12.9. The summed E-state index contributed by atoms with van der Waals surface area (Å²) in [6, 6.07) is 9.27. The van der Waals surface area contributed by atoms with E-state index >= 15 is 0 Å². The molecule has 1 unspecified atom stereocenters. The van der Waals surface area contributed by atoms with Crippen LogP contribution < -0.4 is 22.3 Å². The molecule has 1 aromatic carbocycles. The van der Waals surface area contributed by atoms with Crippen molar-refractivity contribution in [1.29, 1.82) is 0 Å². The molecule has 1 aliphatic rings. The highest BCUT2D eigenvalue weighted by Gasteiger charge is 2.32. The molecule has 182 valence electrons. The summed E-state index contributed by atoms with van der Waals surface area (Å²) in [5, 5.41) is 2.13. The SMILES string of the molecule is Cn1c(=O)n(C2CCN(S(C)(=O)=O)C2)c2c3cc(-c4ccc(N(N)/C=C\N)nc4)ccc3ncc21. The molecule has 0 bridgehead atoms. The van der Waals surface area contributed by atoms with E-state index in [1.54, 1.807) is 34.6 Å². The molecule has 4 N–H and O–H groups in total. The van der Waals surface area contributed by atoms with Gasteiger partial charge >= 0.3 is 5.69 Å². The van der Waals surface area contributed by atoms with E-state index in [4.69, 9.17) is 11.6 Å². The fourth-order valence-corrected chi connectivity index (χ4v) is 5.53. The van der Waals surface area contributed by atoms with Crippen molar-refractivity contribution in [2.75, 3.05) is 24.4 Å². The Balaban J connectivity index is 1.64. The number of hydrazine groups is 1. The van der Waals surface area contributed by atoms with Crippen LogP contribution in [0.2, 0.25) is 0 Å². The number of aromatic nitrogens is 4. The Morgan fingerprint density at radius 1 is 1.14 bits per heavy atom. The van der Waals surface area contributed by atoms with Crippen LogP contribution in [0, 0.1) is 0 Å². The number of rotatable bonds is 5. The Kier molecular flexibility index (Phi) is 5.58. The van der Waals surface area contributed by atoms with Crippen LogP contribution in [-0.4, -0.2) is 51.2 Å². The number of nitrogens with zero attached hydrogens (tertiary/aromatic N) is 6. The Morgan fingerprint density at radius 3 is 2.57 bits per heavy atom. The maximum absolute atomic E-state index is 13.3. The summed E-state index contributed by atoms with van der Waals surface area (Å²) >= 11 is 0. The lowest BCUT2D eigenvalue weighted by Crippen LogP contribution is -2.31. The first kappa shape index (κ1) is 23.0. The molecule has 35 heavy (non-hydrogen) atoms. The molecule has 3 aromatic heterocycles. The van der Waals surface area contributed by atoms with E-state index in [-0.39, 0.29) is 18.3 Å². The number of nitrogens with two attached hydrogens (primary N) is 2. The standard InChI is InChI=1S/C23H26N8O3S/c1-28-20-13-26-19-5-3-15(16-4-6-21(27-12-16)30(25)10-8-24)11-18(19)22(20)31(23(28)32)17-7-9-29(14-17)35(2,33)34/h3-6,8,10-13,17H,7,9,14,24-25H2,1-2H3/b10-8-. The lowest BCUT2D eigenvalue weighted by atomic mass is 10.0. The van der Waals surface area contributed by atoms with Crippen molar-refractivity contribution in [3.8, 4) is 11.1 Å². The molecule has 4 heterocycles. The molecule has 0 radical (unpaired) electrons. The first-order valence-electron chi connectivity index (χ1n) is 11.0. The number of imidazole rings is 1. The second-order valence-corrected chi connectivity index (χ2v) is 10.6. The highest BCUT2D eigenvalue weighted by atomic mass is 32.2. The molecule has 4 aromatic rings. The molecular formula is C23H26N8O3S. The van der Waals surface area contributed by atoms with Gasteiger partial charge in [0.05, 0.1) is 35.0 Å². The van der Waals surface area contributed by atoms with Crippen molar-refractivity contribution in [2.24, 2.45) is 18.6 Å². The van der Waals surface area contributed by atoms with Gasteiger partial charge in [-0.2, -0.15) is 0 Å². The van der Waals surface area contributed by atoms with Gasteiger partial charge < -0.3 is 5.73 Å². The number of aryl methyl sites for hydroxylation is 1. The monoisotopic (exact) mass is 494 g/mol. The second-order valence-electron chi connectivity index (χ2n) is 8.65. The number of hydrogen-bond donors (Lipinski definition) is 2. The molecule has 0 aliphatic carbocycles. The summed E-state index contributed by atoms with van der Waals surface area (Å²) in [5.74, 6) is 6.42. The molecule has 0 saturated carbocycles. The predicted octanol–water partition coefficient (Wildman–Crippen LogP) is 1.27. The summed E-state index contributed by atoms with van der Waals surface area (Å²) in [7, 11) is -1.63. The minimum Gasteiger partial charge on any atom is -0.403 e. The number of anilines is 1. The van der Waals surface area contributed by atoms with Crippen molar-refractivity contribution in [1.82, 2.24) is 23.4 Å². The third-order valence-electron chi connectivity index (χ3n) is 6.47. The average Bonchev–Trinajstić information content (AvgIpc) is 3.43. The zero-order valence-corrected chi connectivity index (χ0v) is 20.2. The van der Waals surface area contributed by atoms with Crippen LogP contribution >= 0.6 is 0 Å². The number of sulfonamides is 1. The zero-order valence-electron chi connectivity index (χ0n) is 19.4. The van der Waals surface area contributed by atoms with Crippen molar-refractivity contribution < 1.29 is 8.42 Å². The summed E-state index contributed by atoms with van der Waals surface area (Å²) in [6.45, 7) is 0.649. The van der Waals surface area contributed by atoms with E-state index < -0.39 is 10.0 Å². The molecule has 1 saturated heterocycles. The smallest absolute Gasteiger partial charge is 0.329 e. The lowest BCUT2D eigenvalue weighted by molar-refractivity contribution is 0.454. The van der Waals surface area contributed by atoms with Gasteiger partial charge in [-0.1, -0.05) is 6.07 Å². The summed E-state index contributed by atoms with van der Waals surface area (Å²) in [4.78, 5) is 22.2. The maximum Gasteiger partial charge on any atom is 0.329 e. The van der Waals surface area contributed by atoms with E-state index in [0.29, 0.717) is 24.3 Å². The fourth-order valence-electron chi connectivity index (χ4n) is 4.65. The molecule has 5 rings (SSSR count). The summed E-state index contributed by atoms with van der Waals surface area (Å²) < 4.78 is 28.9. The first-order chi connectivity index (χ1) is 16.7. The molecule has 0 amide bonds. The van der Waals surface area contributed by atoms with Gasteiger partial charge in [-0.25, -0.2) is 28.3 Å². The number of pyridine rings is 2. The third kappa shape index (κ3) is 3.95. The normalized spacial score (nSPS) is 17.2. The van der Waals surface area contributed by atoms with Gasteiger partial charge in [-0.15, -0.1) is 0 Å². The van der Waals surface area contributed by atoms with Crippen molar-refractivity contribution in [2.45, 2.75) is 12.5 Å². The van der Waals surface area contributed by atoms with Crippen molar-refractivity contribution in [3.63, 3.8) is 0 Å². The molecule has 1 fully saturated rings. The second kappa shape index (κ2) is 8.48. The average molecular weight is 495 g/mol. The number of fused-ring (bicyclic) bond motifs is 3. The number of benzene rings is 1. The molecular weight excluding hydrogens is 468 g/mol. The highest BCUT2D eigenvalue weighted by molar-refractivity contribution is 7.88. The molecule has 1 aliphatic heterocycles. The van der Waals surface area contributed by atoms with Crippen LogP contribution in [0.25, 0.3) is 33.1 Å². The Hall–Kier alpha value is -3.74. The van der Waals surface area contributed by atoms with Crippen LogP contribution in [-0.2, 0) is 17.1 Å². The fraction of sp³-hybridized carbons (Fsp3) is 0.261. The van der Waals surface area contributed by atoms with Crippen LogP contribution in [0.15, 0.2) is 59.9 Å². The minimum absolute atomic E-state index is 0.193. The van der Waals surface area contributed by atoms with E-state index in [9.17, 15) is 13.2 Å². The Bertz CT molecular complexity index is 1620. The molecule has 11 nitrogen and oxygen atoms in total. The predicted molar refractivity (Wildman–Crippen MR) is 136 cm³/mol. The highest BCUT2D eigenvalue weighted by Crippen LogP contribution is 2.32. The molecule has 12 heteroatoms. The quantitative estimate of drug-likeness (QED) is 0.312. The van der Waals surface area contributed by atoms with Gasteiger partial charge in [0, 0.05) is 49.7 Å². The van der Waals surface area contributed by atoms with Crippen LogP contribution in [0.3, 0.4) is 0 Å². The topological polar surface area (TPSA) is 145 Å². The van der Waals surface area contributed by atoms with Gasteiger partial charge in [0.2, 0.25) is 10.0 Å². The van der Waals surface area contributed by atoms with Gasteiger partial charge in [-0.3, -0.25) is 19.1 Å². The zero-order chi connectivity index (χ0) is 24.9. The summed E-state index contributed by atoms with van der Waals surface area (Å²) in [6.07, 6.45) is 8.00. The minimum atomic E-state index is -3.33. The van der Waals surface area contributed by atoms with Gasteiger partial charge in [0.1, 0.15) is 5.82 Å². The number of hydrogen-bond acceptors (Lipinski definition) is 8. The molecule has 0 spiro atoms. The van der Waals surface area contributed by atoms with Gasteiger partial charge in [0.15, 0.2) is 0 Å². The van der Waals surface area contributed by atoms with E-state index in [0.717, 1.165) is 27.5 Å². The van der Waals surface area contributed by atoms with Gasteiger partial charge in [-0.05, 0) is 36.2 Å². The van der Waals surface area contributed by atoms with Crippen LogP contribution in [0.4, 0.5) is 5.82 Å². The van der Waals surface area contributed by atoms with E-state index in [2.05, 4.69) is 9.97 Å². The van der Waals surface area contributed by atoms with Crippen molar-refractivity contribution in [3.05, 3.63) is 65.6 Å². The van der Waals surface area contributed by atoms with E-state index in [1.807, 2.05) is 24.3 Å². The lowest BCUT2D eigenvalue weighted by Gasteiger charge is -2.15. The molecule has 1 atom stereocenters. The van der Waals surface area contributed by atoms with E-state index in [1.165, 1.54) is 28.0 Å². The van der Waals surface area contributed by atoms with Crippen LogP contribution in [0.5, 0.6) is 0 Å². The summed E-state index contributed by atoms with van der Waals surface area (Å²) in [5.41, 5.74) is 9.14. The Labute approximate surface area is 201 Å². The maximum atomic E-state index is 13.3. The third-order valence-corrected chi connectivity index (χ3v) is 7.74. The van der Waals surface area contributed by atoms with Gasteiger partial charge in [0.25, 0.3) is 0 Å². The van der Waals surface area contributed by atoms with Crippen molar-refractivity contribution >= 4 is 37.8 Å².